The highest BCUT2D eigenvalue weighted by Crippen LogP contribution is 2.31. The normalized spacial score (nSPS) is 12.8. The van der Waals surface area contributed by atoms with Gasteiger partial charge in [-0.05, 0) is 80.5 Å². The van der Waals surface area contributed by atoms with Crippen LogP contribution in [0.25, 0.3) is 0 Å². The van der Waals surface area contributed by atoms with Crippen molar-refractivity contribution < 1.29 is 28.6 Å². The number of fused-ring (bicyclic) bond motifs is 1. The lowest BCUT2D eigenvalue weighted by atomic mass is 10.1. The molecule has 9 nitrogen and oxygen atoms in total. The first-order valence-electron chi connectivity index (χ1n) is 14.1. The number of nitrogens with zero attached hydrogens (tertiary/aromatic N) is 1. The van der Waals surface area contributed by atoms with Gasteiger partial charge in [0.1, 0.15) is 17.1 Å². The fraction of sp³-hybridized carbons (Fsp3) is 0.364. The number of benzene rings is 3. The second-order valence-electron chi connectivity index (χ2n) is 11.8. The Labute approximate surface area is 247 Å². The van der Waals surface area contributed by atoms with Crippen molar-refractivity contribution >= 4 is 30.0 Å². The van der Waals surface area contributed by atoms with E-state index in [4.69, 9.17) is 14.2 Å². The van der Waals surface area contributed by atoms with Crippen LogP contribution in [-0.4, -0.2) is 41.7 Å². The molecule has 0 saturated carbocycles. The van der Waals surface area contributed by atoms with Gasteiger partial charge < -0.3 is 24.4 Å². The quantitative estimate of drug-likeness (QED) is 0.249. The van der Waals surface area contributed by atoms with Crippen LogP contribution in [-0.2, 0) is 33.7 Å². The van der Waals surface area contributed by atoms with E-state index in [9.17, 15) is 14.4 Å². The summed E-state index contributed by atoms with van der Waals surface area (Å²) in [7, 11) is 0. The smallest absolute Gasteiger partial charge is 0.412 e. The minimum atomic E-state index is -0.662. The van der Waals surface area contributed by atoms with E-state index in [1.807, 2.05) is 55.1 Å². The first-order chi connectivity index (χ1) is 20.0. The molecular weight excluding hydrogens is 534 g/mol. The van der Waals surface area contributed by atoms with Gasteiger partial charge in [0.25, 0.3) is 0 Å². The second-order valence-corrected chi connectivity index (χ2v) is 11.8. The number of ether oxygens (including phenoxy) is 3. The Morgan fingerprint density at radius 1 is 0.952 bits per heavy atom. The fourth-order valence-electron chi connectivity index (χ4n) is 4.71. The van der Waals surface area contributed by atoms with E-state index in [2.05, 4.69) is 22.8 Å². The molecular formula is C33H39N3O6. The number of carbonyl (C=O) groups is 3. The summed E-state index contributed by atoms with van der Waals surface area (Å²) in [5.74, 6) is 1.28. The molecule has 4 rings (SSSR count). The van der Waals surface area contributed by atoms with Crippen molar-refractivity contribution in [1.29, 1.82) is 0 Å². The SMILES string of the molecule is CC(C)COC(=O)N(Cc1ccc(Oc2ccc(NC(=O)OC(C)(C)C)c(NC=O)c2)cc1)C1Cc2ccccc2C1. The third-order valence-electron chi connectivity index (χ3n) is 6.60. The summed E-state index contributed by atoms with van der Waals surface area (Å²) in [6, 6.07) is 20.7. The molecule has 0 heterocycles. The van der Waals surface area contributed by atoms with Gasteiger partial charge in [-0.1, -0.05) is 50.2 Å². The molecule has 0 spiro atoms. The monoisotopic (exact) mass is 573 g/mol. The minimum absolute atomic E-state index is 0.0227. The van der Waals surface area contributed by atoms with Crippen LogP contribution in [0.15, 0.2) is 66.7 Å². The van der Waals surface area contributed by atoms with Gasteiger partial charge in [0.05, 0.1) is 18.0 Å². The van der Waals surface area contributed by atoms with Gasteiger partial charge in [-0.25, -0.2) is 9.59 Å². The van der Waals surface area contributed by atoms with Gasteiger partial charge in [0.2, 0.25) is 6.41 Å². The Morgan fingerprint density at radius 2 is 1.60 bits per heavy atom. The lowest BCUT2D eigenvalue weighted by molar-refractivity contribution is -0.105. The molecule has 3 amide bonds. The van der Waals surface area contributed by atoms with E-state index in [1.54, 1.807) is 39.0 Å². The molecule has 0 fully saturated rings. The van der Waals surface area contributed by atoms with Crippen LogP contribution in [0.3, 0.4) is 0 Å². The highest BCUT2D eigenvalue weighted by molar-refractivity contribution is 5.92. The average molecular weight is 574 g/mol. The molecule has 0 atom stereocenters. The molecule has 0 bridgehead atoms. The van der Waals surface area contributed by atoms with Crippen molar-refractivity contribution in [3.8, 4) is 11.5 Å². The molecule has 3 aromatic rings. The number of hydrogen-bond acceptors (Lipinski definition) is 6. The molecule has 0 aliphatic heterocycles. The van der Waals surface area contributed by atoms with Crippen molar-refractivity contribution in [3.63, 3.8) is 0 Å². The highest BCUT2D eigenvalue weighted by atomic mass is 16.6. The molecule has 222 valence electrons. The molecule has 9 heteroatoms. The van der Waals surface area contributed by atoms with E-state index in [0.29, 0.717) is 42.4 Å². The van der Waals surface area contributed by atoms with Gasteiger partial charge >= 0.3 is 12.2 Å². The van der Waals surface area contributed by atoms with Crippen LogP contribution in [0.2, 0.25) is 0 Å². The van der Waals surface area contributed by atoms with Crippen LogP contribution in [0, 0.1) is 5.92 Å². The third kappa shape index (κ3) is 8.49. The topological polar surface area (TPSA) is 106 Å². The van der Waals surface area contributed by atoms with Crippen LogP contribution in [0.5, 0.6) is 11.5 Å². The van der Waals surface area contributed by atoms with Gasteiger partial charge in [-0.3, -0.25) is 10.1 Å². The highest BCUT2D eigenvalue weighted by Gasteiger charge is 2.31. The van der Waals surface area contributed by atoms with Crippen LogP contribution in [0.4, 0.5) is 21.0 Å². The third-order valence-corrected chi connectivity index (χ3v) is 6.60. The summed E-state index contributed by atoms with van der Waals surface area (Å²) in [6.07, 6.45) is 1.17. The maximum absolute atomic E-state index is 13.2. The Bertz CT molecular complexity index is 1370. The second kappa shape index (κ2) is 13.4. The first-order valence-corrected chi connectivity index (χ1v) is 14.1. The molecule has 42 heavy (non-hydrogen) atoms. The first kappa shape index (κ1) is 30.4. The number of carbonyl (C=O) groups excluding carboxylic acids is 3. The summed E-state index contributed by atoms with van der Waals surface area (Å²) in [4.78, 5) is 38.4. The fourth-order valence-corrected chi connectivity index (χ4v) is 4.71. The minimum Gasteiger partial charge on any atom is -0.457 e. The molecule has 2 N–H and O–H groups in total. The molecule has 0 unspecified atom stereocenters. The van der Waals surface area contributed by atoms with Gasteiger partial charge in [0, 0.05) is 18.7 Å². The standard InChI is InChI=1S/C33H39N3O6/c1-22(2)20-40-32(39)36(26-16-24-8-6-7-9-25(24)17-26)19-23-10-12-27(13-11-23)41-28-14-15-29(30(18-28)34-21-37)35-31(38)42-33(3,4)5/h6-15,18,21-22,26H,16-17,19-20H2,1-5H3,(H,34,37)(H,35,38). The largest absolute Gasteiger partial charge is 0.457 e. The summed E-state index contributed by atoms with van der Waals surface area (Å²) < 4.78 is 16.9. The number of amides is 3. The van der Waals surface area contributed by atoms with Gasteiger partial charge in [-0.15, -0.1) is 0 Å². The van der Waals surface area contributed by atoms with Crippen molar-refractivity contribution in [2.45, 2.75) is 65.6 Å². The summed E-state index contributed by atoms with van der Waals surface area (Å²) in [5.41, 5.74) is 3.55. The Hall–Kier alpha value is -4.53. The van der Waals surface area contributed by atoms with Crippen molar-refractivity contribution in [2.24, 2.45) is 5.92 Å². The predicted molar refractivity (Wildman–Crippen MR) is 162 cm³/mol. The zero-order valence-corrected chi connectivity index (χ0v) is 24.8. The molecule has 1 aliphatic rings. The lowest BCUT2D eigenvalue weighted by Gasteiger charge is -2.29. The van der Waals surface area contributed by atoms with Crippen LogP contribution in [0.1, 0.15) is 51.3 Å². The summed E-state index contributed by atoms with van der Waals surface area (Å²) >= 11 is 0. The van der Waals surface area contributed by atoms with E-state index < -0.39 is 11.7 Å². The van der Waals surface area contributed by atoms with Crippen molar-refractivity contribution in [2.75, 3.05) is 17.2 Å². The van der Waals surface area contributed by atoms with E-state index in [0.717, 1.165) is 18.4 Å². The van der Waals surface area contributed by atoms with E-state index in [-0.39, 0.29) is 18.1 Å². The molecule has 3 aromatic carbocycles. The van der Waals surface area contributed by atoms with Crippen molar-refractivity contribution in [1.82, 2.24) is 4.90 Å². The Morgan fingerprint density at radius 3 is 2.19 bits per heavy atom. The Balaban J connectivity index is 1.44. The molecule has 0 radical (unpaired) electrons. The Kier molecular flexibility index (Phi) is 9.72. The predicted octanol–water partition coefficient (Wildman–Crippen LogP) is 7.16. The maximum Gasteiger partial charge on any atom is 0.412 e. The van der Waals surface area contributed by atoms with Gasteiger partial charge in [-0.2, -0.15) is 0 Å². The maximum atomic E-state index is 13.2. The zero-order chi connectivity index (χ0) is 30.3. The number of anilines is 2. The van der Waals surface area contributed by atoms with Crippen molar-refractivity contribution in [3.05, 3.63) is 83.4 Å². The number of hydrogen-bond donors (Lipinski definition) is 2. The van der Waals surface area contributed by atoms with Gasteiger partial charge in [0.15, 0.2) is 0 Å². The molecule has 1 aliphatic carbocycles. The number of rotatable bonds is 10. The summed E-state index contributed by atoms with van der Waals surface area (Å²) in [5, 5.41) is 5.22. The lowest BCUT2D eigenvalue weighted by Crippen LogP contribution is -2.41. The van der Waals surface area contributed by atoms with E-state index >= 15 is 0 Å². The number of nitrogens with one attached hydrogen (secondary N) is 2. The van der Waals surface area contributed by atoms with E-state index in [1.165, 1.54) is 11.1 Å². The average Bonchev–Trinajstić information content (AvgIpc) is 3.36. The molecule has 0 aromatic heterocycles. The van der Waals surface area contributed by atoms with Crippen LogP contribution >= 0.6 is 0 Å². The zero-order valence-electron chi connectivity index (χ0n) is 24.8. The molecule has 0 saturated heterocycles. The van der Waals surface area contributed by atoms with Crippen LogP contribution < -0.4 is 15.4 Å². The summed E-state index contributed by atoms with van der Waals surface area (Å²) in [6.45, 7) is 10.1.